The van der Waals surface area contributed by atoms with Crippen molar-refractivity contribution < 1.29 is 14.7 Å². The van der Waals surface area contributed by atoms with E-state index in [1.54, 1.807) is 18.5 Å². The van der Waals surface area contributed by atoms with Gasteiger partial charge in [0.05, 0.1) is 4.70 Å². The Kier molecular flexibility index (Phi) is 2.18. The molecule has 0 aliphatic heterocycles. The maximum absolute atomic E-state index is 8.56. The van der Waals surface area contributed by atoms with Crippen LogP contribution in [0.1, 0.15) is 0 Å². The van der Waals surface area contributed by atoms with Crippen LogP contribution in [0.25, 0.3) is 10.1 Å². The number of hydrogen-bond acceptors (Lipinski definition) is 5. The topological polar surface area (TPSA) is 62.6 Å². The number of aromatic nitrogens is 1. The second-order valence-corrected chi connectivity index (χ2v) is 3.47. The minimum Gasteiger partial charge on any atom is -0.504 e. The fourth-order valence-electron chi connectivity index (χ4n) is 1.02. The molecule has 0 fully saturated rings. The molecule has 0 radical (unpaired) electrons. The smallest absolute Gasteiger partial charge is 0.504 e. The van der Waals surface area contributed by atoms with Gasteiger partial charge in [0.25, 0.3) is 0 Å². The van der Waals surface area contributed by atoms with Crippen molar-refractivity contribution in [2.24, 2.45) is 0 Å². The van der Waals surface area contributed by atoms with E-state index in [4.69, 9.17) is 14.7 Å². The van der Waals surface area contributed by atoms with Crippen LogP contribution in [0.5, 0.6) is 5.06 Å². The fraction of sp³-hybridized carbons (Fsp3) is 0. The molecule has 4 nitrogen and oxygen atoms in total. The Morgan fingerprint density at radius 1 is 1.46 bits per heavy atom. The van der Waals surface area contributed by atoms with Crippen LogP contribution in [0.3, 0.4) is 0 Å². The normalized spacial score (nSPS) is 10.3. The largest absolute Gasteiger partial charge is 0.708 e. The molecular formula is C7H6BNO3S. The number of hydrogen-bond donors (Lipinski definition) is 2. The molecule has 2 rings (SSSR count). The summed E-state index contributed by atoms with van der Waals surface area (Å²) in [5, 5.41) is 18.6. The SMILES string of the molecule is OB(O)Oc1cc2ccncc2s1. The maximum Gasteiger partial charge on any atom is 0.708 e. The first-order chi connectivity index (χ1) is 6.25. The molecule has 6 heteroatoms. The molecule has 0 aliphatic rings. The standard InChI is InChI=1S/C7H6BNO3S/c10-8(11)12-7-3-5-1-2-9-4-6(5)13-7/h1-4,10-11H. The molecule has 66 valence electrons. The molecule has 0 aromatic carbocycles. The Hall–Kier alpha value is -1.11. The minimum absolute atomic E-state index is 0.470. The monoisotopic (exact) mass is 195 g/mol. The zero-order valence-electron chi connectivity index (χ0n) is 6.54. The van der Waals surface area contributed by atoms with Crippen LogP contribution in [-0.2, 0) is 0 Å². The Morgan fingerprint density at radius 3 is 3.00 bits per heavy atom. The second kappa shape index (κ2) is 3.33. The van der Waals surface area contributed by atoms with E-state index in [0.717, 1.165) is 10.1 Å². The molecule has 0 saturated heterocycles. The van der Waals surface area contributed by atoms with Crippen LogP contribution >= 0.6 is 11.3 Å². The van der Waals surface area contributed by atoms with Gasteiger partial charge in [-0.3, -0.25) is 4.98 Å². The molecule has 0 unspecified atom stereocenters. The third-order valence-corrected chi connectivity index (χ3v) is 2.50. The summed E-state index contributed by atoms with van der Waals surface area (Å²) in [4.78, 5) is 3.94. The molecule has 0 saturated carbocycles. The van der Waals surface area contributed by atoms with Crippen molar-refractivity contribution in [3.63, 3.8) is 0 Å². The molecule has 13 heavy (non-hydrogen) atoms. The van der Waals surface area contributed by atoms with Gasteiger partial charge >= 0.3 is 7.32 Å². The average molecular weight is 195 g/mol. The highest BCUT2D eigenvalue weighted by Crippen LogP contribution is 2.30. The summed E-state index contributed by atoms with van der Waals surface area (Å²) in [5.41, 5.74) is 0. The van der Waals surface area contributed by atoms with Crippen molar-refractivity contribution in [2.45, 2.75) is 0 Å². The van der Waals surface area contributed by atoms with Gasteiger partial charge in [0, 0.05) is 12.4 Å². The predicted molar refractivity (Wildman–Crippen MR) is 50.4 cm³/mol. The third-order valence-electron chi connectivity index (χ3n) is 1.52. The summed E-state index contributed by atoms with van der Waals surface area (Å²) >= 11 is 1.32. The lowest BCUT2D eigenvalue weighted by atomic mass is 10.3. The van der Waals surface area contributed by atoms with Gasteiger partial charge in [0.1, 0.15) is 0 Å². The molecule has 0 amide bonds. The van der Waals surface area contributed by atoms with Crippen LogP contribution in [0.15, 0.2) is 24.5 Å². The zero-order chi connectivity index (χ0) is 9.26. The molecule has 2 heterocycles. The second-order valence-electron chi connectivity index (χ2n) is 2.42. The summed E-state index contributed by atoms with van der Waals surface area (Å²) in [5.74, 6) is 0. The van der Waals surface area contributed by atoms with Gasteiger partial charge in [-0.15, -0.1) is 0 Å². The van der Waals surface area contributed by atoms with Crippen LogP contribution in [-0.4, -0.2) is 22.4 Å². The van der Waals surface area contributed by atoms with Gasteiger partial charge in [-0.1, -0.05) is 11.3 Å². The Bertz CT molecular complexity index is 384. The first-order valence-corrected chi connectivity index (χ1v) is 4.44. The van der Waals surface area contributed by atoms with E-state index < -0.39 is 7.32 Å². The predicted octanol–water partition coefficient (Wildman–Crippen LogP) is 0.645. The van der Waals surface area contributed by atoms with Crippen molar-refractivity contribution in [1.29, 1.82) is 0 Å². The van der Waals surface area contributed by atoms with Crippen molar-refractivity contribution in [1.82, 2.24) is 4.98 Å². The Labute approximate surface area is 78.6 Å². The fourth-order valence-corrected chi connectivity index (χ4v) is 1.92. The number of fused-ring (bicyclic) bond motifs is 1. The summed E-state index contributed by atoms with van der Waals surface area (Å²) in [6.45, 7) is 0. The average Bonchev–Trinajstić information content (AvgIpc) is 2.44. The highest BCUT2D eigenvalue weighted by atomic mass is 32.1. The van der Waals surface area contributed by atoms with Crippen molar-refractivity contribution in [3.05, 3.63) is 24.5 Å². The van der Waals surface area contributed by atoms with E-state index in [0.29, 0.717) is 5.06 Å². The lowest BCUT2D eigenvalue weighted by molar-refractivity contribution is 0.292. The van der Waals surface area contributed by atoms with Crippen LogP contribution in [0.2, 0.25) is 0 Å². The highest BCUT2D eigenvalue weighted by molar-refractivity contribution is 7.20. The molecule has 0 bridgehead atoms. The first kappa shape index (κ1) is 8.49. The number of nitrogens with zero attached hydrogens (tertiary/aromatic N) is 1. The van der Waals surface area contributed by atoms with Crippen molar-refractivity contribution in [2.75, 3.05) is 0 Å². The van der Waals surface area contributed by atoms with E-state index in [2.05, 4.69) is 4.98 Å². The first-order valence-electron chi connectivity index (χ1n) is 3.62. The lowest BCUT2D eigenvalue weighted by Crippen LogP contribution is -2.19. The Balaban J connectivity index is 2.38. The molecule has 2 aromatic rings. The molecule has 0 aliphatic carbocycles. The van der Waals surface area contributed by atoms with Gasteiger partial charge in [-0.2, -0.15) is 0 Å². The van der Waals surface area contributed by atoms with Crippen molar-refractivity contribution in [3.8, 4) is 5.06 Å². The third kappa shape index (κ3) is 1.80. The molecule has 2 N–H and O–H groups in total. The number of pyridine rings is 1. The molecule has 2 aromatic heterocycles. The number of rotatable bonds is 2. The molecule has 0 spiro atoms. The van der Waals surface area contributed by atoms with E-state index in [-0.39, 0.29) is 0 Å². The van der Waals surface area contributed by atoms with Crippen molar-refractivity contribution >= 4 is 28.7 Å². The van der Waals surface area contributed by atoms with E-state index in [1.807, 2.05) is 6.07 Å². The van der Waals surface area contributed by atoms with Gasteiger partial charge in [0.15, 0.2) is 5.06 Å². The van der Waals surface area contributed by atoms with Gasteiger partial charge in [-0.05, 0) is 17.5 Å². The summed E-state index contributed by atoms with van der Waals surface area (Å²) in [6, 6.07) is 3.57. The summed E-state index contributed by atoms with van der Waals surface area (Å²) in [6.07, 6.45) is 3.38. The molecular weight excluding hydrogens is 189 g/mol. The summed E-state index contributed by atoms with van der Waals surface area (Å²) < 4.78 is 5.66. The summed E-state index contributed by atoms with van der Waals surface area (Å²) in [7, 11) is -1.76. The van der Waals surface area contributed by atoms with E-state index >= 15 is 0 Å². The van der Waals surface area contributed by atoms with Gasteiger partial charge in [0.2, 0.25) is 0 Å². The highest BCUT2D eigenvalue weighted by Gasteiger charge is 2.12. The zero-order valence-corrected chi connectivity index (χ0v) is 7.36. The van der Waals surface area contributed by atoms with E-state index in [1.165, 1.54) is 11.3 Å². The maximum atomic E-state index is 8.56. The van der Waals surface area contributed by atoms with E-state index in [9.17, 15) is 0 Å². The van der Waals surface area contributed by atoms with Crippen LogP contribution in [0.4, 0.5) is 0 Å². The van der Waals surface area contributed by atoms with Crippen LogP contribution in [0, 0.1) is 0 Å². The lowest BCUT2D eigenvalue weighted by Gasteiger charge is -1.97. The minimum atomic E-state index is -1.76. The van der Waals surface area contributed by atoms with Crippen LogP contribution < -0.4 is 4.65 Å². The quantitative estimate of drug-likeness (QED) is 0.690. The van der Waals surface area contributed by atoms with Gasteiger partial charge in [-0.25, -0.2) is 0 Å². The van der Waals surface area contributed by atoms with Gasteiger partial charge < -0.3 is 14.7 Å². The molecule has 0 atom stereocenters. The number of thiophene rings is 1. The Morgan fingerprint density at radius 2 is 2.31 bits per heavy atom.